The van der Waals surface area contributed by atoms with Crippen LogP contribution in [0.2, 0.25) is 0 Å². The molecule has 0 saturated heterocycles. The van der Waals surface area contributed by atoms with Crippen molar-refractivity contribution in [1.29, 1.82) is 0 Å². The Hall–Kier alpha value is -1.59. The lowest BCUT2D eigenvalue weighted by Gasteiger charge is -2.19. The number of nitrogens with one attached hydrogen (secondary N) is 1. The van der Waals surface area contributed by atoms with Crippen LogP contribution in [0.4, 0.5) is 5.69 Å². The maximum absolute atomic E-state index is 11.9. The van der Waals surface area contributed by atoms with E-state index in [-0.39, 0.29) is 5.91 Å². The number of ether oxygens (including phenoxy) is 1. The fraction of sp³-hybridized carbons (Fsp3) is 0.462. The molecule has 0 aliphatic rings. The second-order valence-corrected chi connectivity index (χ2v) is 3.91. The van der Waals surface area contributed by atoms with Crippen LogP contribution >= 0.6 is 0 Å². The fourth-order valence-corrected chi connectivity index (χ4v) is 1.67. The van der Waals surface area contributed by atoms with Crippen molar-refractivity contribution in [2.75, 3.05) is 38.6 Å². The molecule has 0 aromatic heterocycles. The number of anilines is 1. The van der Waals surface area contributed by atoms with Crippen LogP contribution in [0.25, 0.3) is 0 Å². The first-order valence-electron chi connectivity index (χ1n) is 6.06. The van der Waals surface area contributed by atoms with Crippen molar-refractivity contribution in [2.45, 2.75) is 6.92 Å². The number of benzene rings is 1. The van der Waals surface area contributed by atoms with Crippen molar-refractivity contribution in [1.82, 2.24) is 4.90 Å². The van der Waals surface area contributed by atoms with Crippen LogP contribution < -0.4 is 15.8 Å². The summed E-state index contributed by atoms with van der Waals surface area (Å²) >= 11 is 0. The van der Waals surface area contributed by atoms with Gasteiger partial charge in [0.2, 0.25) is 5.91 Å². The Morgan fingerprint density at radius 3 is 2.78 bits per heavy atom. The molecule has 0 radical (unpaired) electrons. The van der Waals surface area contributed by atoms with Gasteiger partial charge in [0.05, 0.1) is 19.3 Å². The molecule has 0 saturated carbocycles. The zero-order chi connectivity index (χ0) is 13.4. The highest BCUT2D eigenvalue weighted by Crippen LogP contribution is 2.22. The smallest absolute Gasteiger partial charge is 0.238 e. The van der Waals surface area contributed by atoms with Crippen molar-refractivity contribution in [3.05, 3.63) is 24.3 Å². The zero-order valence-electron chi connectivity index (χ0n) is 11.0. The monoisotopic (exact) mass is 251 g/mol. The number of carbonyl (C=O) groups is 1. The van der Waals surface area contributed by atoms with Crippen LogP contribution in [0.15, 0.2) is 24.3 Å². The summed E-state index contributed by atoms with van der Waals surface area (Å²) in [5.41, 5.74) is 6.17. The molecule has 1 amide bonds. The fourth-order valence-electron chi connectivity index (χ4n) is 1.67. The molecule has 5 heteroatoms. The molecule has 0 fully saturated rings. The molecule has 0 aliphatic carbocycles. The molecular formula is C13H21N3O2. The van der Waals surface area contributed by atoms with Gasteiger partial charge in [0.1, 0.15) is 5.75 Å². The highest BCUT2D eigenvalue weighted by Gasteiger charge is 2.10. The molecular weight excluding hydrogens is 230 g/mol. The lowest BCUT2D eigenvalue weighted by atomic mass is 10.3. The molecule has 0 bridgehead atoms. The summed E-state index contributed by atoms with van der Waals surface area (Å²) in [6, 6.07) is 7.35. The molecule has 0 unspecified atom stereocenters. The SMILES string of the molecule is CCN(CCN)CC(=O)Nc1ccccc1OC. The summed E-state index contributed by atoms with van der Waals surface area (Å²) in [5.74, 6) is 0.600. The van der Waals surface area contributed by atoms with Crippen molar-refractivity contribution >= 4 is 11.6 Å². The van der Waals surface area contributed by atoms with Gasteiger partial charge in [-0.3, -0.25) is 9.69 Å². The Labute approximate surface area is 108 Å². The number of nitrogens with zero attached hydrogens (tertiary/aromatic N) is 1. The third-order valence-electron chi connectivity index (χ3n) is 2.64. The van der Waals surface area contributed by atoms with Crippen molar-refractivity contribution < 1.29 is 9.53 Å². The predicted octanol–water partition coefficient (Wildman–Crippen LogP) is 0.914. The third kappa shape index (κ3) is 4.35. The minimum absolute atomic E-state index is 0.0604. The van der Waals surface area contributed by atoms with E-state index >= 15 is 0 Å². The number of likely N-dealkylation sites (N-methyl/N-ethyl adjacent to an activating group) is 1. The van der Waals surface area contributed by atoms with Gasteiger partial charge in [0, 0.05) is 13.1 Å². The van der Waals surface area contributed by atoms with Crippen LogP contribution in [0.5, 0.6) is 5.75 Å². The van der Waals surface area contributed by atoms with E-state index in [1.807, 2.05) is 36.1 Å². The molecule has 3 N–H and O–H groups in total. The van der Waals surface area contributed by atoms with Crippen molar-refractivity contribution in [2.24, 2.45) is 5.73 Å². The van der Waals surface area contributed by atoms with E-state index in [9.17, 15) is 4.79 Å². The second kappa shape index (κ2) is 7.68. The van der Waals surface area contributed by atoms with Crippen LogP contribution in [-0.2, 0) is 4.79 Å². The van der Waals surface area contributed by atoms with E-state index in [1.54, 1.807) is 7.11 Å². The minimum atomic E-state index is -0.0604. The summed E-state index contributed by atoms with van der Waals surface area (Å²) in [5, 5.41) is 2.84. The van der Waals surface area contributed by atoms with Gasteiger partial charge in [0.15, 0.2) is 0 Å². The first-order chi connectivity index (χ1) is 8.71. The average molecular weight is 251 g/mol. The standard InChI is InChI=1S/C13H21N3O2/c1-3-16(9-8-14)10-13(17)15-11-6-4-5-7-12(11)18-2/h4-7H,3,8-10,14H2,1-2H3,(H,15,17). The predicted molar refractivity (Wildman–Crippen MR) is 72.8 cm³/mol. The normalized spacial score (nSPS) is 10.4. The largest absolute Gasteiger partial charge is 0.495 e. The molecule has 1 rings (SSSR count). The maximum Gasteiger partial charge on any atom is 0.238 e. The highest BCUT2D eigenvalue weighted by atomic mass is 16.5. The first-order valence-corrected chi connectivity index (χ1v) is 6.06. The second-order valence-electron chi connectivity index (χ2n) is 3.91. The highest BCUT2D eigenvalue weighted by molar-refractivity contribution is 5.93. The molecule has 0 atom stereocenters. The number of carbonyl (C=O) groups excluding carboxylic acids is 1. The Bertz CT molecular complexity index is 382. The van der Waals surface area contributed by atoms with E-state index in [0.29, 0.717) is 24.5 Å². The topological polar surface area (TPSA) is 67.6 Å². The summed E-state index contributed by atoms with van der Waals surface area (Å²) < 4.78 is 5.18. The lowest BCUT2D eigenvalue weighted by molar-refractivity contribution is -0.117. The molecule has 1 aromatic rings. The first kappa shape index (κ1) is 14.5. The Balaban J connectivity index is 2.58. The number of hydrogen-bond acceptors (Lipinski definition) is 4. The third-order valence-corrected chi connectivity index (χ3v) is 2.64. The molecule has 0 aliphatic heterocycles. The quantitative estimate of drug-likeness (QED) is 0.756. The number of hydrogen-bond donors (Lipinski definition) is 2. The van der Waals surface area contributed by atoms with Gasteiger partial charge in [-0.05, 0) is 18.7 Å². The molecule has 5 nitrogen and oxygen atoms in total. The van der Waals surface area contributed by atoms with Crippen LogP contribution in [-0.4, -0.2) is 44.1 Å². The van der Waals surface area contributed by atoms with E-state index in [2.05, 4.69) is 5.32 Å². The summed E-state index contributed by atoms with van der Waals surface area (Å²) in [4.78, 5) is 13.9. The maximum atomic E-state index is 11.9. The zero-order valence-corrected chi connectivity index (χ0v) is 11.0. The van der Waals surface area contributed by atoms with Gasteiger partial charge < -0.3 is 15.8 Å². The molecule has 0 spiro atoms. The van der Waals surface area contributed by atoms with Gasteiger partial charge in [0.25, 0.3) is 0 Å². The number of para-hydroxylation sites is 2. The molecule has 18 heavy (non-hydrogen) atoms. The number of rotatable bonds is 7. The van der Waals surface area contributed by atoms with Gasteiger partial charge >= 0.3 is 0 Å². The van der Waals surface area contributed by atoms with Gasteiger partial charge in [-0.2, -0.15) is 0 Å². The molecule has 1 aromatic carbocycles. The van der Waals surface area contributed by atoms with Crippen molar-refractivity contribution in [3.8, 4) is 5.75 Å². The Morgan fingerprint density at radius 1 is 1.44 bits per heavy atom. The summed E-state index contributed by atoms with van der Waals surface area (Å²) in [6.45, 7) is 4.42. The minimum Gasteiger partial charge on any atom is -0.495 e. The van der Waals surface area contributed by atoms with Gasteiger partial charge in [-0.25, -0.2) is 0 Å². The summed E-state index contributed by atoms with van der Waals surface area (Å²) in [6.07, 6.45) is 0. The van der Waals surface area contributed by atoms with E-state index < -0.39 is 0 Å². The van der Waals surface area contributed by atoms with Crippen LogP contribution in [0, 0.1) is 0 Å². The van der Waals surface area contributed by atoms with Gasteiger partial charge in [-0.15, -0.1) is 0 Å². The average Bonchev–Trinajstić information content (AvgIpc) is 2.38. The van der Waals surface area contributed by atoms with Crippen LogP contribution in [0.3, 0.4) is 0 Å². The molecule has 0 heterocycles. The summed E-state index contributed by atoms with van der Waals surface area (Å²) in [7, 11) is 1.58. The van der Waals surface area contributed by atoms with Gasteiger partial charge in [-0.1, -0.05) is 19.1 Å². The lowest BCUT2D eigenvalue weighted by Crippen LogP contribution is -2.36. The van der Waals surface area contributed by atoms with Crippen molar-refractivity contribution in [3.63, 3.8) is 0 Å². The molecule has 100 valence electrons. The van der Waals surface area contributed by atoms with E-state index in [0.717, 1.165) is 13.1 Å². The number of nitrogens with two attached hydrogens (primary N) is 1. The van der Waals surface area contributed by atoms with Crippen LogP contribution in [0.1, 0.15) is 6.92 Å². The Morgan fingerprint density at radius 2 is 2.17 bits per heavy atom. The van der Waals surface area contributed by atoms with E-state index in [4.69, 9.17) is 10.5 Å². The van der Waals surface area contributed by atoms with E-state index in [1.165, 1.54) is 0 Å². The number of methoxy groups -OCH3 is 1. The number of amides is 1. The Kier molecular flexibility index (Phi) is 6.18.